The van der Waals surface area contributed by atoms with Gasteiger partial charge in [-0.05, 0) is 55.2 Å². The molecule has 3 heterocycles. The molecule has 0 bridgehead atoms. The van der Waals surface area contributed by atoms with Gasteiger partial charge in [0.1, 0.15) is 6.04 Å². The van der Waals surface area contributed by atoms with Crippen LogP contribution in [0.1, 0.15) is 59.2 Å². The molecule has 202 valence electrons. The van der Waals surface area contributed by atoms with Gasteiger partial charge in [0.05, 0.1) is 29.7 Å². The number of hydrogen-bond donors (Lipinski definition) is 0. The largest absolute Gasteiger partial charge is 0.416 e. The van der Waals surface area contributed by atoms with Gasteiger partial charge >= 0.3 is 12.4 Å². The van der Waals surface area contributed by atoms with Gasteiger partial charge in [-0.15, -0.1) is 0 Å². The number of hydrogen-bond acceptors (Lipinski definition) is 3. The van der Waals surface area contributed by atoms with Crippen molar-refractivity contribution in [1.29, 1.82) is 0 Å². The van der Waals surface area contributed by atoms with Crippen molar-refractivity contribution in [3.05, 3.63) is 89.0 Å². The minimum Gasteiger partial charge on any atom is -0.368 e. The zero-order valence-electron chi connectivity index (χ0n) is 20.5. The van der Waals surface area contributed by atoms with Crippen LogP contribution in [0, 0.1) is 6.92 Å². The third kappa shape index (κ3) is 4.79. The fourth-order valence-corrected chi connectivity index (χ4v) is 5.69. The Morgan fingerprint density at radius 2 is 1.68 bits per heavy atom. The first-order valence-electron chi connectivity index (χ1n) is 12.1. The van der Waals surface area contributed by atoms with E-state index >= 15 is 0 Å². The maximum Gasteiger partial charge on any atom is 0.416 e. The first kappa shape index (κ1) is 26.3. The quantitative estimate of drug-likeness (QED) is 0.358. The predicted molar refractivity (Wildman–Crippen MR) is 125 cm³/mol. The van der Waals surface area contributed by atoms with E-state index in [0.29, 0.717) is 18.6 Å². The van der Waals surface area contributed by atoms with Crippen molar-refractivity contribution < 1.29 is 35.9 Å². The number of rotatable bonds is 5. The number of halogens is 6. The van der Waals surface area contributed by atoms with E-state index in [9.17, 15) is 31.1 Å². The second-order valence-electron chi connectivity index (χ2n) is 9.86. The molecule has 2 saturated heterocycles. The molecule has 0 aliphatic carbocycles. The highest BCUT2D eigenvalue weighted by molar-refractivity contribution is 5.84. The average Bonchev–Trinajstić information content (AvgIpc) is 3.56. The molecule has 5 atom stereocenters. The second-order valence-corrected chi connectivity index (χ2v) is 9.86. The number of alkyl halides is 6. The monoisotopic (exact) mass is 537 g/mol. The topological polar surface area (TPSA) is 47.4 Å². The molecular formula is C27H25F6N3O2. The van der Waals surface area contributed by atoms with Crippen LogP contribution < -0.4 is 0 Å². The summed E-state index contributed by atoms with van der Waals surface area (Å²) in [7, 11) is 0. The molecule has 5 nitrogen and oxygen atoms in total. The molecule has 2 unspecified atom stereocenters. The van der Waals surface area contributed by atoms with Crippen LogP contribution in [0.15, 0.2) is 61.2 Å². The van der Waals surface area contributed by atoms with Crippen LogP contribution in [0.25, 0.3) is 0 Å². The molecule has 2 aliphatic rings. The molecule has 1 aromatic heterocycles. The Morgan fingerprint density at radius 3 is 2.26 bits per heavy atom. The lowest BCUT2D eigenvalue weighted by Gasteiger charge is -2.28. The van der Waals surface area contributed by atoms with Crippen molar-refractivity contribution in [2.75, 3.05) is 6.54 Å². The van der Waals surface area contributed by atoms with Crippen molar-refractivity contribution in [1.82, 2.24) is 14.5 Å². The van der Waals surface area contributed by atoms with Gasteiger partial charge in [-0.2, -0.15) is 26.3 Å². The number of carbonyl (C=O) groups is 1. The Hall–Kier alpha value is -3.34. The fourth-order valence-electron chi connectivity index (χ4n) is 5.69. The number of amides is 1. The van der Waals surface area contributed by atoms with Crippen LogP contribution in [0.3, 0.4) is 0 Å². The summed E-state index contributed by atoms with van der Waals surface area (Å²) in [6.07, 6.45) is -6.26. The van der Waals surface area contributed by atoms with Gasteiger partial charge in [0, 0.05) is 30.9 Å². The summed E-state index contributed by atoms with van der Waals surface area (Å²) in [5.41, 5.74) is -1.13. The van der Waals surface area contributed by atoms with Crippen molar-refractivity contribution in [3.8, 4) is 0 Å². The molecule has 2 aromatic carbocycles. The summed E-state index contributed by atoms with van der Waals surface area (Å²) in [4.78, 5) is 19.1. The van der Waals surface area contributed by atoms with E-state index in [1.54, 1.807) is 28.2 Å². The maximum atomic E-state index is 13.4. The lowest BCUT2D eigenvalue weighted by atomic mass is 9.85. The van der Waals surface area contributed by atoms with Crippen LogP contribution in [-0.4, -0.2) is 39.0 Å². The van der Waals surface area contributed by atoms with Gasteiger partial charge in [0.25, 0.3) is 0 Å². The van der Waals surface area contributed by atoms with Gasteiger partial charge in [0.15, 0.2) is 0 Å². The van der Waals surface area contributed by atoms with E-state index < -0.39 is 41.7 Å². The Kier molecular flexibility index (Phi) is 6.53. The third-order valence-corrected chi connectivity index (χ3v) is 7.52. The zero-order chi connectivity index (χ0) is 27.4. The number of carbonyl (C=O) groups excluding carboxylic acids is 1. The van der Waals surface area contributed by atoms with Gasteiger partial charge in [-0.1, -0.05) is 24.3 Å². The van der Waals surface area contributed by atoms with Gasteiger partial charge in [-0.25, -0.2) is 4.98 Å². The summed E-state index contributed by atoms with van der Waals surface area (Å²) in [6, 6.07) is 8.38. The number of aryl methyl sites for hydroxylation is 1. The maximum absolute atomic E-state index is 13.4. The minimum atomic E-state index is -4.95. The Labute approximate surface area is 215 Å². The molecule has 2 aliphatic heterocycles. The second kappa shape index (κ2) is 9.44. The lowest BCUT2D eigenvalue weighted by Crippen LogP contribution is -2.31. The van der Waals surface area contributed by atoms with Crippen LogP contribution in [0.2, 0.25) is 0 Å². The number of ether oxygens (including phenoxy) is 1. The average molecular weight is 538 g/mol. The van der Waals surface area contributed by atoms with Crippen molar-refractivity contribution in [2.45, 2.75) is 62.8 Å². The summed E-state index contributed by atoms with van der Waals surface area (Å²) in [6.45, 7) is 3.53. The number of imidazole rings is 1. The zero-order valence-corrected chi connectivity index (χ0v) is 20.5. The highest BCUT2D eigenvalue weighted by Gasteiger charge is 2.53. The van der Waals surface area contributed by atoms with Crippen molar-refractivity contribution >= 4 is 5.91 Å². The smallest absolute Gasteiger partial charge is 0.368 e. The molecule has 0 spiro atoms. The van der Waals surface area contributed by atoms with E-state index in [0.717, 1.165) is 11.1 Å². The van der Waals surface area contributed by atoms with E-state index in [2.05, 4.69) is 4.98 Å². The molecule has 5 rings (SSSR count). The highest BCUT2D eigenvalue weighted by Crippen LogP contribution is 2.47. The number of fused-ring (bicyclic) bond motifs is 1. The molecule has 11 heteroatoms. The van der Waals surface area contributed by atoms with Gasteiger partial charge in [0.2, 0.25) is 5.91 Å². The number of benzene rings is 2. The standard InChI is InChI=1S/C27H25F6N3O2/c1-15-5-3-4-6-20(15)24-21-12-22(35-8-7-34-14-35)25(37)36(21)13-23(24)38-16(2)17-9-18(26(28,29)30)11-19(10-17)27(31,32)33/h3-11,14,16,21-24H,12-13H2,1-2H3/t16-,21+,22?,23+,24?/m1/s1. The van der Waals surface area contributed by atoms with E-state index in [-0.39, 0.29) is 36.0 Å². The van der Waals surface area contributed by atoms with Crippen molar-refractivity contribution in [3.63, 3.8) is 0 Å². The molecule has 0 saturated carbocycles. The van der Waals surface area contributed by atoms with Gasteiger partial charge < -0.3 is 14.2 Å². The van der Waals surface area contributed by atoms with E-state index in [1.807, 2.05) is 31.2 Å². The molecule has 0 radical (unpaired) electrons. The molecule has 0 N–H and O–H groups in total. The molecular weight excluding hydrogens is 512 g/mol. The number of aromatic nitrogens is 2. The molecule has 3 aromatic rings. The minimum absolute atomic E-state index is 0.104. The van der Waals surface area contributed by atoms with Crippen molar-refractivity contribution in [2.24, 2.45) is 0 Å². The Morgan fingerprint density at radius 1 is 1.03 bits per heavy atom. The lowest BCUT2D eigenvalue weighted by molar-refractivity contribution is -0.143. The first-order valence-corrected chi connectivity index (χ1v) is 12.1. The summed E-state index contributed by atoms with van der Waals surface area (Å²) in [5.74, 6) is -0.437. The Balaban J connectivity index is 1.48. The summed E-state index contributed by atoms with van der Waals surface area (Å²) in [5, 5.41) is 0. The van der Waals surface area contributed by atoms with Crippen LogP contribution >= 0.6 is 0 Å². The van der Waals surface area contributed by atoms with Crippen LogP contribution in [0.4, 0.5) is 26.3 Å². The highest BCUT2D eigenvalue weighted by atomic mass is 19.4. The number of nitrogens with zero attached hydrogens (tertiary/aromatic N) is 3. The van der Waals surface area contributed by atoms with E-state index in [1.165, 1.54) is 6.92 Å². The SMILES string of the molecule is Cc1ccccc1C1[C@@H](O[C@H](C)c2cc(C(F)(F)F)cc(C(F)(F)F)c2)CN2C(=O)C(n3ccnc3)C[C@@H]12. The summed E-state index contributed by atoms with van der Waals surface area (Å²) >= 11 is 0. The Bertz CT molecular complexity index is 1290. The first-order chi connectivity index (χ1) is 17.8. The fraction of sp³-hybridized carbons (Fsp3) is 0.407. The van der Waals surface area contributed by atoms with Gasteiger partial charge in [-0.3, -0.25) is 4.79 Å². The van der Waals surface area contributed by atoms with Crippen LogP contribution in [-0.2, 0) is 21.9 Å². The third-order valence-electron chi connectivity index (χ3n) is 7.52. The van der Waals surface area contributed by atoms with E-state index in [4.69, 9.17) is 4.74 Å². The van der Waals surface area contributed by atoms with Crippen LogP contribution in [0.5, 0.6) is 0 Å². The normalized spacial score (nSPS) is 24.6. The molecule has 1 amide bonds. The molecule has 2 fully saturated rings. The summed E-state index contributed by atoms with van der Waals surface area (Å²) < 4.78 is 88.5. The predicted octanol–water partition coefficient (Wildman–Crippen LogP) is 6.31. The molecule has 38 heavy (non-hydrogen) atoms.